The molecule has 0 bridgehead atoms. The first-order chi connectivity index (χ1) is 12.6. The maximum atomic E-state index is 12.8. The molecule has 1 fully saturated rings. The van der Waals surface area contributed by atoms with Gasteiger partial charge in [-0.1, -0.05) is 45.8 Å². The highest BCUT2D eigenvalue weighted by Gasteiger charge is 2.33. The van der Waals surface area contributed by atoms with E-state index in [1.54, 1.807) is 12.0 Å². The number of aryl methyl sites for hydroxylation is 1. The van der Waals surface area contributed by atoms with Crippen LogP contribution in [-0.4, -0.2) is 36.2 Å². The molecule has 1 amide bonds. The molecule has 3 rings (SSSR count). The lowest BCUT2D eigenvalue weighted by atomic mass is 10.2. The summed E-state index contributed by atoms with van der Waals surface area (Å²) in [6.45, 7) is 2.98. The van der Waals surface area contributed by atoms with Crippen LogP contribution in [0.1, 0.15) is 11.1 Å². The highest BCUT2D eigenvalue weighted by molar-refractivity contribution is 9.10. The number of amides is 1. The van der Waals surface area contributed by atoms with Crippen molar-refractivity contribution in [2.45, 2.75) is 6.92 Å². The van der Waals surface area contributed by atoms with Crippen molar-refractivity contribution in [2.24, 2.45) is 4.99 Å². The van der Waals surface area contributed by atoms with E-state index < -0.39 is 0 Å². The highest BCUT2D eigenvalue weighted by atomic mass is 79.9. The summed E-state index contributed by atoms with van der Waals surface area (Å²) in [5.74, 6) is -0.0409. The second-order valence-electron chi connectivity index (χ2n) is 5.84. The van der Waals surface area contributed by atoms with Gasteiger partial charge in [-0.25, -0.2) is 4.99 Å². The van der Waals surface area contributed by atoms with Crippen molar-refractivity contribution in [1.29, 1.82) is 0 Å². The van der Waals surface area contributed by atoms with Gasteiger partial charge in [0, 0.05) is 11.6 Å². The van der Waals surface area contributed by atoms with Crippen molar-refractivity contribution in [3.8, 4) is 0 Å². The quantitative estimate of drug-likeness (QED) is 0.626. The van der Waals surface area contributed by atoms with Gasteiger partial charge in [-0.05, 0) is 54.6 Å². The molecular weight excluding hydrogens is 412 g/mol. The molecule has 1 aliphatic rings. The van der Waals surface area contributed by atoms with E-state index in [0.717, 1.165) is 15.7 Å². The summed E-state index contributed by atoms with van der Waals surface area (Å²) in [7, 11) is 1.63. The monoisotopic (exact) mass is 430 g/mol. The van der Waals surface area contributed by atoms with Crippen molar-refractivity contribution in [3.63, 3.8) is 0 Å². The number of ether oxygens (including phenoxy) is 1. The van der Waals surface area contributed by atoms with Crippen LogP contribution in [0.5, 0.6) is 0 Å². The maximum Gasteiger partial charge on any atom is 0.266 e. The lowest BCUT2D eigenvalue weighted by molar-refractivity contribution is -0.122. The first kappa shape index (κ1) is 18.9. The number of thioether (sulfide) groups is 1. The molecule has 2 aromatic carbocycles. The number of hydrogen-bond donors (Lipinski definition) is 0. The van der Waals surface area contributed by atoms with Crippen LogP contribution < -0.4 is 0 Å². The average molecular weight is 431 g/mol. The molecule has 134 valence electrons. The van der Waals surface area contributed by atoms with E-state index in [0.29, 0.717) is 23.2 Å². The molecule has 0 aliphatic carbocycles. The first-order valence-corrected chi connectivity index (χ1v) is 9.79. The summed E-state index contributed by atoms with van der Waals surface area (Å²) in [6, 6.07) is 15.8. The number of nitrogens with zero attached hydrogens (tertiary/aromatic N) is 2. The van der Waals surface area contributed by atoms with Crippen molar-refractivity contribution in [2.75, 3.05) is 20.3 Å². The van der Waals surface area contributed by atoms with Crippen LogP contribution in [0.4, 0.5) is 5.69 Å². The molecule has 0 spiro atoms. The normalized spacial score (nSPS) is 17.5. The summed E-state index contributed by atoms with van der Waals surface area (Å²) in [4.78, 5) is 19.8. The van der Waals surface area contributed by atoms with Crippen LogP contribution in [0, 0.1) is 6.92 Å². The number of methoxy groups -OCH3 is 1. The number of benzene rings is 2. The number of amidine groups is 1. The minimum atomic E-state index is -0.0409. The van der Waals surface area contributed by atoms with Crippen LogP contribution in [0.15, 0.2) is 62.9 Å². The summed E-state index contributed by atoms with van der Waals surface area (Å²) < 4.78 is 6.16. The van der Waals surface area contributed by atoms with Gasteiger partial charge in [0.25, 0.3) is 5.91 Å². The van der Waals surface area contributed by atoms with Crippen LogP contribution in [-0.2, 0) is 9.53 Å². The Morgan fingerprint density at radius 3 is 2.50 bits per heavy atom. The molecule has 0 radical (unpaired) electrons. The molecule has 4 nitrogen and oxygen atoms in total. The molecular formula is C20H19BrN2O2S. The molecule has 0 saturated carbocycles. The zero-order valence-corrected chi connectivity index (χ0v) is 17.0. The molecule has 1 aliphatic heterocycles. The van der Waals surface area contributed by atoms with Gasteiger partial charge in [0.15, 0.2) is 5.17 Å². The Balaban J connectivity index is 1.91. The Kier molecular flexibility index (Phi) is 6.29. The minimum Gasteiger partial charge on any atom is -0.383 e. The van der Waals surface area contributed by atoms with Gasteiger partial charge in [-0.3, -0.25) is 9.69 Å². The molecule has 0 unspecified atom stereocenters. The zero-order chi connectivity index (χ0) is 18.5. The van der Waals surface area contributed by atoms with Crippen molar-refractivity contribution in [3.05, 3.63) is 69.0 Å². The van der Waals surface area contributed by atoms with Crippen LogP contribution in [0.3, 0.4) is 0 Å². The summed E-state index contributed by atoms with van der Waals surface area (Å²) in [5.41, 5.74) is 2.99. The van der Waals surface area contributed by atoms with Crippen molar-refractivity contribution in [1.82, 2.24) is 4.90 Å². The standard InChI is InChI=1S/C20H19BrN2O2S/c1-14-3-9-17(10-4-14)22-20-23(11-12-25-2)19(24)18(26-20)13-15-5-7-16(21)8-6-15/h3-10,13H,11-12H2,1-2H3/b18-13-,22-20?. The van der Waals surface area contributed by atoms with Crippen molar-refractivity contribution >= 4 is 50.5 Å². The number of rotatable bonds is 5. The Morgan fingerprint density at radius 1 is 1.15 bits per heavy atom. The van der Waals surface area contributed by atoms with Gasteiger partial charge in [0.2, 0.25) is 0 Å². The molecule has 26 heavy (non-hydrogen) atoms. The molecule has 2 aromatic rings. The fourth-order valence-electron chi connectivity index (χ4n) is 2.41. The van der Waals surface area contributed by atoms with Crippen molar-refractivity contribution < 1.29 is 9.53 Å². The molecule has 0 aromatic heterocycles. The Morgan fingerprint density at radius 2 is 1.85 bits per heavy atom. The van der Waals surface area contributed by atoms with E-state index >= 15 is 0 Å². The summed E-state index contributed by atoms with van der Waals surface area (Å²) in [5, 5.41) is 0.680. The predicted octanol–water partition coefficient (Wildman–Crippen LogP) is 5.01. The number of carbonyl (C=O) groups is 1. The van der Waals surface area contributed by atoms with E-state index in [2.05, 4.69) is 20.9 Å². The maximum absolute atomic E-state index is 12.8. The molecule has 6 heteroatoms. The third kappa shape index (κ3) is 4.63. The van der Waals surface area contributed by atoms with E-state index in [-0.39, 0.29) is 5.91 Å². The first-order valence-electron chi connectivity index (χ1n) is 8.18. The molecule has 0 N–H and O–H groups in total. The average Bonchev–Trinajstić information content (AvgIpc) is 2.92. The summed E-state index contributed by atoms with van der Waals surface area (Å²) >= 11 is 4.82. The van der Waals surface area contributed by atoms with Gasteiger partial charge in [0.05, 0.1) is 23.7 Å². The number of aliphatic imine (C=N–C) groups is 1. The second kappa shape index (κ2) is 8.66. The third-order valence-electron chi connectivity index (χ3n) is 3.83. The van der Waals surface area contributed by atoms with Crippen LogP contribution in [0.25, 0.3) is 6.08 Å². The molecule has 0 atom stereocenters. The number of halogens is 1. The zero-order valence-electron chi connectivity index (χ0n) is 14.6. The molecule has 1 heterocycles. The smallest absolute Gasteiger partial charge is 0.266 e. The summed E-state index contributed by atoms with van der Waals surface area (Å²) in [6.07, 6.45) is 1.90. The lowest BCUT2D eigenvalue weighted by Gasteiger charge is -2.14. The lowest BCUT2D eigenvalue weighted by Crippen LogP contribution is -2.32. The van der Waals surface area contributed by atoms with Gasteiger partial charge < -0.3 is 4.74 Å². The Labute approximate surface area is 166 Å². The van der Waals surface area contributed by atoms with Gasteiger partial charge in [-0.15, -0.1) is 0 Å². The van der Waals surface area contributed by atoms with Gasteiger partial charge >= 0.3 is 0 Å². The van der Waals surface area contributed by atoms with Crippen LogP contribution in [0.2, 0.25) is 0 Å². The third-order valence-corrected chi connectivity index (χ3v) is 5.37. The fraction of sp³-hybridized carbons (Fsp3) is 0.200. The minimum absolute atomic E-state index is 0.0409. The molecule has 1 saturated heterocycles. The number of carbonyl (C=O) groups excluding carboxylic acids is 1. The van der Waals surface area contributed by atoms with E-state index in [9.17, 15) is 4.79 Å². The topological polar surface area (TPSA) is 41.9 Å². The van der Waals surface area contributed by atoms with E-state index in [1.165, 1.54) is 17.3 Å². The predicted molar refractivity (Wildman–Crippen MR) is 112 cm³/mol. The highest BCUT2D eigenvalue weighted by Crippen LogP contribution is 2.34. The SMILES string of the molecule is COCCN1C(=O)/C(=C/c2ccc(Br)cc2)SC1=Nc1ccc(C)cc1. The van der Waals surface area contributed by atoms with E-state index in [1.807, 2.05) is 61.5 Å². The van der Waals surface area contributed by atoms with Gasteiger partial charge in [0.1, 0.15) is 0 Å². The Bertz CT molecular complexity index is 845. The van der Waals surface area contributed by atoms with Crippen LogP contribution >= 0.6 is 27.7 Å². The number of hydrogen-bond acceptors (Lipinski definition) is 4. The van der Waals surface area contributed by atoms with E-state index in [4.69, 9.17) is 4.74 Å². The second-order valence-corrected chi connectivity index (χ2v) is 7.77. The largest absolute Gasteiger partial charge is 0.383 e. The van der Waals surface area contributed by atoms with Gasteiger partial charge in [-0.2, -0.15) is 0 Å². The fourth-order valence-corrected chi connectivity index (χ4v) is 3.70. The Hall–Kier alpha value is -1.89.